The summed E-state index contributed by atoms with van der Waals surface area (Å²) >= 11 is 0. The number of fused-ring (bicyclic) bond motifs is 1. The van der Waals surface area contributed by atoms with Gasteiger partial charge in [-0.25, -0.2) is 13.8 Å². The number of amides is 1. The minimum Gasteiger partial charge on any atom is -0.340 e. The molecule has 2 aromatic carbocycles. The van der Waals surface area contributed by atoms with Crippen LogP contribution in [0.2, 0.25) is 0 Å². The molecule has 5 nitrogen and oxygen atoms in total. The Kier molecular flexibility index (Phi) is 4.56. The lowest BCUT2D eigenvalue weighted by Crippen LogP contribution is -2.34. The van der Waals surface area contributed by atoms with E-state index in [4.69, 9.17) is 0 Å². The van der Waals surface area contributed by atoms with Gasteiger partial charge in [-0.1, -0.05) is 18.2 Å². The number of hydrogen-bond donors (Lipinski definition) is 0. The predicted molar refractivity (Wildman–Crippen MR) is 88.8 cm³/mol. The highest BCUT2D eigenvalue weighted by Crippen LogP contribution is 2.10. The molecule has 128 valence electrons. The molecule has 3 aromatic rings. The fraction of sp³-hybridized carbons (Fsp3) is 0.167. The molecule has 1 heterocycles. The number of carbonyl (C=O) groups excluding carboxylic acids is 1. The first kappa shape index (κ1) is 16.8. The van der Waals surface area contributed by atoms with E-state index in [9.17, 15) is 18.4 Å². The predicted octanol–water partition coefficient (Wildman–Crippen LogP) is 2.33. The summed E-state index contributed by atoms with van der Waals surface area (Å²) in [6.45, 7) is -0.142. The van der Waals surface area contributed by atoms with E-state index in [0.717, 1.165) is 10.6 Å². The normalized spacial score (nSPS) is 10.8. The Labute approximate surface area is 142 Å². The Morgan fingerprint density at radius 2 is 1.96 bits per heavy atom. The van der Waals surface area contributed by atoms with Crippen LogP contribution in [0.15, 0.2) is 53.6 Å². The Morgan fingerprint density at radius 1 is 1.20 bits per heavy atom. The van der Waals surface area contributed by atoms with E-state index in [2.05, 4.69) is 4.98 Å². The number of hydrogen-bond acceptors (Lipinski definition) is 3. The van der Waals surface area contributed by atoms with Crippen molar-refractivity contribution in [1.29, 1.82) is 0 Å². The van der Waals surface area contributed by atoms with E-state index in [1.165, 1.54) is 36.5 Å². The van der Waals surface area contributed by atoms with Crippen LogP contribution in [-0.4, -0.2) is 27.4 Å². The first-order valence-electron chi connectivity index (χ1n) is 7.58. The molecule has 0 spiro atoms. The average molecular weight is 343 g/mol. The fourth-order valence-corrected chi connectivity index (χ4v) is 2.48. The van der Waals surface area contributed by atoms with Gasteiger partial charge in [0.1, 0.15) is 18.2 Å². The zero-order valence-electron chi connectivity index (χ0n) is 13.4. The van der Waals surface area contributed by atoms with Crippen LogP contribution in [0.4, 0.5) is 8.78 Å². The van der Waals surface area contributed by atoms with Gasteiger partial charge in [-0.05, 0) is 18.2 Å². The number of benzene rings is 2. The highest BCUT2D eigenvalue weighted by atomic mass is 19.1. The maximum Gasteiger partial charge on any atom is 0.261 e. The van der Waals surface area contributed by atoms with E-state index < -0.39 is 17.2 Å². The molecule has 1 amide bonds. The van der Waals surface area contributed by atoms with E-state index >= 15 is 0 Å². The smallest absolute Gasteiger partial charge is 0.261 e. The zero-order chi connectivity index (χ0) is 18.0. The molecule has 0 aliphatic heterocycles. The molecule has 0 aliphatic rings. The summed E-state index contributed by atoms with van der Waals surface area (Å²) in [5.74, 6) is -1.25. The van der Waals surface area contributed by atoms with Crippen LogP contribution in [0.25, 0.3) is 10.9 Å². The molecular weight excluding hydrogens is 328 g/mol. The van der Waals surface area contributed by atoms with Gasteiger partial charge in [0.05, 0.1) is 17.2 Å². The minimum atomic E-state index is -0.488. The van der Waals surface area contributed by atoms with Gasteiger partial charge in [-0.15, -0.1) is 0 Å². The summed E-state index contributed by atoms with van der Waals surface area (Å²) in [6.07, 6.45) is 1.21. The molecule has 7 heteroatoms. The number of halogens is 2. The van der Waals surface area contributed by atoms with Crippen LogP contribution in [-0.2, 0) is 17.9 Å². The maximum absolute atomic E-state index is 13.7. The van der Waals surface area contributed by atoms with Crippen molar-refractivity contribution in [2.75, 3.05) is 7.05 Å². The molecule has 0 atom stereocenters. The molecule has 0 saturated heterocycles. The minimum absolute atomic E-state index is 0.0898. The second-order valence-corrected chi connectivity index (χ2v) is 5.68. The molecule has 0 N–H and O–H groups in total. The van der Waals surface area contributed by atoms with Crippen LogP contribution >= 0.6 is 0 Å². The van der Waals surface area contributed by atoms with E-state index in [0.29, 0.717) is 5.56 Å². The van der Waals surface area contributed by atoms with Crippen molar-refractivity contribution >= 4 is 16.8 Å². The van der Waals surface area contributed by atoms with Crippen LogP contribution in [0.1, 0.15) is 5.56 Å². The first-order valence-corrected chi connectivity index (χ1v) is 7.58. The lowest BCUT2D eigenvalue weighted by molar-refractivity contribution is -0.131. The molecule has 0 fully saturated rings. The summed E-state index contributed by atoms with van der Waals surface area (Å²) in [6, 6.07) is 9.85. The van der Waals surface area contributed by atoms with Crippen molar-refractivity contribution in [3.63, 3.8) is 0 Å². The van der Waals surface area contributed by atoms with Crippen LogP contribution in [0.3, 0.4) is 0 Å². The second kappa shape index (κ2) is 6.80. The number of nitrogens with zero attached hydrogens (tertiary/aromatic N) is 3. The number of carbonyl (C=O) groups is 1. The van der Waals surface area contributed by atoms with Gasteiger partial charge in [0.15, 0.2) is 0 Å². The van der Waals surface area contributed by atoms with Gasteiger partial charge in [0.2, 0.25) is 5.91 Å². The van der Waals surface area contributed by atoms with Crippen molar-refractivity contribution < 1.29 is 13.6 Å². The van der Waals surface area contributed by atoms with E-state index in [1.54, 1.807) is 18.2 Å². The third-order valence-electron chi connectivity index (χ3n) is 3.88. The largest absolute Gasteiger partial charge is 0.340 e. The number of rotatable bonds is 4. The lowest BCUT2D eigenvalue weighted by atomic mass is 10.2. The van der Waals surface area contributed by atoms with Crippen molar-refractivity contribution in [3.05, 3.63) is 76.3 Å². The third-order valence-corrected chi connectivity index (χ3v) is 3.88. The fourth-order valence-electron chi connectivity index (χ4n) is 2.48. The van der Waals surface area contributed by atoms with E-state index in [1.807, 2.05) is 0 Å². The summed E-state index contributed by atoms with van der Waals surface area (Å²) in [5.41, 5.74) is 0.184. The third kappa shape index (κ3) is 3.55. The molecule has 0 saturated carbocycles. The number of aromatic nitrogens is 2. The summed E-state index contributed by atoms with van der Waals surface area (Å²) in [4.78, 5) is 30.0. The molecule has 3 rings (SSSR count). The van der Waals surface area contributed by atoms with Gasteiger partial charge in [0.25, 0.3) is 5.56 Å². The Bertz CT molecular complexity index is 1000. The molecule has 0 unspecified atom stereocenters. The van der Waals surface area contributed by atoms with Gasteiger partial charge < -0.3 is 4.90 Å². The van der Waals surface area contributed by atoms with Crippen LogP contribution in [0, 0.1) is 11.6 Å². The zero-order valence-corrected chi connectivity index (χ0v) is 13.4. The summed E-state index contributed by atoms with van der Waals surface area (Å²) in [5, 5.41) is 0.230. The SMILES string of the molecule is CN(Cc1ccccc1F)C(=O)Cn1cnc2cc(F)ccc2c1=O. The van der Waals surface area contributed by atoms with Crippen molar-refractivity contribution in [2.45, 2.75) is 13.1 Å². The molecule has 1 aromatic heterocycles. The van der Waals surface area contributed by atoms with Crippen LogP contribution in [0.5, 0.6) is 0 Å². The Balaban J connectivity index is 1.80. The first-order chi connectivity index (χ1) is 12.0. The second-order valence-electron chi connectivity index (χ2n) is 5.68. The molecular formula is C18H15F2N3O2. The monoisotopic (exact) mass is 343 g/mol. The Hall–Kier alpha value is -3.09. The topological polar surface area (TPSA) is 55.2 Å². The highest BCUT2D eigenvalue weighted by Gasteiger charge is 2.14. The lowest BCUT2D eigenvalue weighted by Gasteiger charge is -2.18. The van der Waals surface area contributed by atoms with E-state index in [-0.39, 0.29) is 29.9 Å². The average Bonchev–Trinajstić information content (AvgIpc) is 2.59. The van der Waals surface area contributed by atoms with Crippen molar-refractivity contribution in [2.24, 2.45) is 0 Å². The molecule has 0 bridgehead atoms. The highest BCUT2D eigenvalue weighted by molar-refractivity contribution is 5.79. The molecule has 0 radical (unpaired) electrons. The maximum atomic E-state index is 13.7. The van der Waals surface area contributed by atoms with Gasteiger partial charge in [-0.2, -0.15) is 0 Å². The molecule has 0 aliphatic carbocycles. The summed E-state index contributed by atoms with van der Waals surface area (Å²) < 4.78 is 28.0. The standard InChI is InChI=1S/C18H15F2N3O2/c1-22(9-12-4-2-3-5-15(12)20)17(24)10-23-11-21-16-8-13(19)6-7-14(16)18(23)25/h2-8,11H,9-10H2,1H3. The van der Waals surface area contributed by atoms with Crippen molar-refractivity contribution in [3.8, 4) is 0 Å². The van der Waals surface area contributed by atoms with Gasteiger partial charge >= 0.3 is 0 Å². The van der Waals surface area contributed by atoms with Gasteiger partial charge in [-0.3, -0.25) is 14.2 Å². The molecule has 25 heavy (non-hydrogen) atoms. The summed E-state index contributed by atoms with van der Waals surface area (Å²) in [7, 11) is 1.53. The van der Waals surface area contributed by atoms with Gasteiger partial charge in [0, 0.05) is 25.2 Å². The Morgan fingerprint density at radius 3 is 2.72 bits per heavy atom. The van der Waals surface area contributed by atoms with Crippen LogP contribution < -0.4 is 5.56 Å². The quantitative estimate of drug-likeness (QED) is 0.731. The van der Waals surface area contributed by atoms with Crippen molar-refractivity contribution in [1.82, 2.24) is 14.5 Å². The number of likely N-dealkylation sites (N-methyl/N-ethyl adjacent to an activating group) is 1.